The van der Waals surface area contributed by atoms with E-state index in [4.69, 9.17) is 9.47 Å². The minimum Gasteiger partial charge on any atom is -0.494 e. The summed E-state index contributed by atoms with van der Waals surface area (Å²) in [5.41, 5.74) is -0.243. The van der Waals surface area contributed by atoms with Gasteiger partial charge in [0, 0.05) is 17.7 Å². The van der Waals surface area contributed by atoms with E-state index in [1.807, 2.05) is 0 Å². The van der Waals surface area contributed by atoms with Gasteiger partial charge in [-0.1, -0.05) is 12.1 Å². The molecular weight excluding hydrogens is 284 g/mol. The van der Waals surface area contributed by atoms with Crippen molar-refractivity contribution in [3.8, 4) is 11.5 Å². The predicted molar refractivity (Wildman–Crippen MR) is 70.3 cm³/mol. The minimum absolute atomic E-state index is 0.0323. The molecule has 0 aliphatic carbocycles. The average Bonchev–Trinajstić information content (AvgIpc) is 2.46. The Morgan fingerprint density at radius 2 is 1.95 bits per heavy atom. The third-order valence-corrected chi connectivity index (χ3v) is 2.76. The largest absolute Gasteiger partial charge is 0.494 e. The van der Waals surface area contributed by atoms with Crippen LogP contribution in [0.15, 0.2) is 36.4 Å². The zero-order valence-corrected chi connectivity index (χ0v) is 11.0. The molecule has 0 aliphatic heterocycles. The van der Waals surface area contributed by atoms with Crippen molar-refractivity contribution in [2.45, 2.75) is 6.61 Å². The molecule has 0 spiro atoms. The van der Waals surface area contributed by atoms with Crippen LogP contribution < -0.4 is 9.47 Å². The molecule has 0 bridgehead atoms. The van der Waals surface area contributed by atoms with E-state index in [9.17, 15) is 18.9 Å². The Morgan fingerprint density at radius 1 is 1.19 bits per heavy atom. The second-order valence-corrected chi connectivity index (χ2v) is 4.09. The Kier molecular flexibility index (Phi) is 4.32. The zero-order chi connectivity index (χ0) is 15.4. The number of benzene rings is 2. The van der Waals surface area contributed by atoms with Crippen molar-refractivity contribution >= 4 is 5.69 Å². The van der Waals surface area contributed by atoms with Crippen LogP contribution in [-0.2, 0) is 6.61 Å². The van der Waals surface area contributed by atoms with Crippen molar-refractivity contribution in [2.75, 3.05) is 7.11 Å². The third kappa shape index (κ3) is 3.25. The summed E-state index contributed by atoms with van der Waals surface area (Å²) < 4.78 is 37.0. The van der Waals surface area contributed by atoms with Gasteiger partial charge in [-0.2, -0.15) is 0 Å². The number of ether oxygens (including phenoxy) is 2. The van der Waals surface area contributed by atoms with Gasteiger partial charge >= 0.3 is 5.69 Å². The molecule has 21 heavy (non-hydrogen) atoms. The maximum Gasteiger partial charge on any atom is 0.311 e. The molecule has 2 aromatic carbocycles. The van der Waals surface area contributed by atoms with Crippen molar-refractivity contribution in [2.24, 2.45) is 0 Å². The lowest BCUT2D eigenvalue weighted by Crippen LogP contribution is -2.02. The molecule has 0 aliphatic rings. The van der Waals surface area contributed by atoms with Gasteiger partial charge in [-0.25, -0.2) is 8.78 Å². The summed E-state index contributed by atoms with van der Waals surface area (Å²) in [5.74, 6) is -1.53. The highest BCUT2D eigenvalue weighted by Gasteiger charge is 2.17. The first-order chi connectivity index (χ1) is 10.0. The monoisotopic (exact) mass is 295 g/mol. The van der Waals surface area contributed by atoms with E-state index < -0.39 is 16.6 Å². The normalized spacial score (nSPS) is 10.2. The molecule has 5 nitrogen and oxygen atoms in total. The maximum absolute atomic E-state index is 13.9. The Labute approximate surface area is 118 Å². The summed E-state index contributed by atoms with van der Waals surface area (Å²) in [4.78, 5) is 10.1. The van der Waals surface area contributed by atoms with E-state index in [1.165, 1.54) is 19.2 Å². The van der Waals surface area contributed by atoms with Crippen molar-refractivity contribution < 1.29 is 23.2 Å². The van der Waals surface area contributed by atoms with Crippen molar-refractivity contribution in [3.63, 3.8) is 0 Å². The lowest BCUT2D eigenvalue weighted by molar-refractivity contribution is -0.386. The molecule has 0 heterocycles. The SMILES string of the molecule is COc1cccc(COc2cc(F)ccc2[N+](=O)[O-])c1F. The van der Waals surface area contributed by atoms with E-state index in [0.29, 0.717) is 0 Å². The fourth-order valence-corrected chi connectivity index (χ4v) is 1.74. The van der Waals surface area contributed by atoms with Crippen LogP contribution in [0.5, 0.6) is 11.5 Å². The molecule has 2 aromatic rings. The molecule has 0 aromatic heterocycles. The fraction of sp³-hybridized carbons (Fsp3) is 0.143. The van der Waals surface area contributed by atoms with Crippen LogP contribution in [0.1, 0.15) is 5.56 Å². The highest BCUT2D eigenvalue weighted by Crippen LogP contribution is 2.29. The molecule has 0 radical (unpaired) electrons. The second kappa shape index (κ2) is 6.17. The molecule has 110 valence electrons. The van der Waals surface area contributed by atoms with E-state index in [-0.39, 0.29) is 29.4 Å². The number of nitro benzene ring substituents is 1. The quantitative estimate of drug-likeness (QED) is 0.626. The number of hydrogen-bond acceptors (Lipinski definition) is 4. The summed E-state index contributed by atoms with van der Waals surface area (Å²) in [7, 11) is 1.32. The van der Waals surface area contributed by atoms with Gasteiger partial charge in [-0.15, -0.1) is 0 Å². The van der Waals surface area contributed by atoms with Crippen LogP contribution in [-0.4, -0.2) is 12.0 Å². The van der Waals surface area contributed by atoms with Gasteiger partial charge in [0.15, 0.2) is 17.3 Å². The van der Waals surface area contributed by atoms with Crippen molar-refractivity contribution in [1.29, 1.82) is 0 Å². The van der Waals surface area contributed by atoms with Gasteiger partial charge in [-0.3, -0.25) is 10.1 Å². The number of halogens is 2. The molecule has 0 saturated heterocycles. The Balaban J connectivity index is 2.24. The summed E-state index contributed by atoms with van der Waals surface area (Å²) in [6.45, 7) is -0.284. The smallest absolute Gasteiger partial charge is 0.311 e. The van der Waals surface area contributed by atoms with Crippen LogP contribution in [0, 0.1) is 21.7 Å². The Bertz CT molecular complexity index is 676. The van der Waals surface area contributed by atoms with Crippen LogP contribution >= 0.6 is 0 Å². The molecule has 0 unspecified atom stereocenters. The first kappa shape index (κ1) is 14.7. The predicted octanol–water partition coefficient (Wildman–Crippen LogP) is 3.46. The average molecular weight is 295 g/mol. The molecule has 7 heteroatoms. The molecule has 0 amide bonds. The lowest BCUT2D eigenvalue weighted by atomic mass is 10.2. The fourth-order valence-electron chi connectivity index (χ4n) is 1.74. The van der Waals surface area contributed by atoms with Gasteiger partial charge < -0.3 is 9.47 Å². The summed E-state index contributed by atoms with van der Waals surface area (Å²) in [6.07, 6.45) is 0. The molecule has 0 fully saturated rings. The number of nitro groups is 1. The van der Waals surface area contributed by atoms with Gasteiger partial charge in [0.25, 0.3) is 0 Å². The molecule has 0 saturated carbocycles. The Morgan fingerprint density at radius 3 is 2.62 bits per heavy atom. The van der Waals surface area contributed by atoms with E-state index in [2.05, 4.69) is 0 Å². The van der Waals surface area contributed by atoms with E-state index in [1.54, 1.807) is 6.07 Å². The van der Waals surface area contributed by atoms with E-state index >= 15 is 0 Å². The first-order valence-electron chi connectivity index (χ1n) is 5.91. The summed E-state index contributed by atoms with van der Waals surface area (Å²) in [5, 5.41) is 10.8. The number of methoxy groups -OCH3 is 1. The topological polar surface area (TPSA) is 61.6 Å². The molecule has 0 N–H and O–H groups in total. The van der Waals surface area contributed by atoms with Gasteiger partial charge in [-0.05, 0) is 12.1 Å². The van der Waals surface area contributed by atoms with Crippen molar-refractivity contribution in [3.05, 3.63) is 63.7 Å². The molecule has 2 rings (SSSR count). The van der Waals surface area contributed by atoms with Crippen LogP contribution in [0.3, 0.4) is 0 Å². The third-order valence-electron chi connectivity index (χ3n) is 2.76. The second-order valence-electron chi connectivity index (χ2n) is 4.09. The molecule has 0 atom stereocenters. The van der Waals surface area contributed by atoms with Gasteiger partial charge in [0.05, 0.1) is 12.0 Å². The zero-order valence-electron chi connectivity index (χ0n) is 11.0. The van der Waals surface area contributed by atoms with Gasteiger partial charge in [0.1, 0.15) is 12.4 Å². The number of rotatable bonds is 5. The van der Waals surface area contributed by atoms with Gasteiger partial charge in [0.2, 0.25) is 0 Å². The number of hydrogen-bond donors (Lipinski definition) is 0. The number of nitrogens with zero attached hydrogens (tertiary/aromatic N) is 1. The minimum atomic E-state index is -0.698. The molecular formula is C14H11F2NO4. The summed E-state index contributed by atoms with van der Waals surface area (Å²) in [6, 6.07) is 7.27. The summed E-state index contributed by atoms with van der Waals surface area (Å²) >= 11 is 0. The maximum atomic E-state index is 13.9. The van der Waals surface area contributed by atoms with Crippen molar-refractivity contribution in [1.82, 2.24) is 0 Å². The first-order valence-corrected chi connectivity index (χ1v) is 5.91. The highest BCUT2D eigenvalue weighted by atomic mass is 19.1. The highest BCUT2D eigenvalue weighted by molar-refractivity contribution is 5.46. The van der Waals surface area contributed by atoms with Crippen LogP contribution in [0.2, 0.25) is 0 Å². The standard InChI is InChI=1S/C14H11F2NO4/c1-20-12-4-2-3-9(14(12)16)8-21-13-7-10(15)5-6-11(13)17(18)19/h2-7H,8H2,1H3. The lowest BCUT2D eigenvalue weighted by Gasteiger charge is -2.09. The van der Waals surface area contributed by atoms with E-state index in [0.717, 1.165) is 18.2 Å². The van der Waals surface area contributed by atoms with Crippen LogP contribution in [0.25, 0.3) is 0 Å². The Hall–Kier alpha value is -2.70. The van der Waals surface area contributed by atoms with Crippen LogP contribution in [0.4, 0.5) is 14.5 Å².